The predicted molar refractivity (Wildman–Crippen MR) is 163 cm³/mol. The van der Waals surface area contributed by atoms with Crippen molar-refractivity contribution in [3.05, 3.63) is 10.9 Å². The van der Waals surface area contributed by atoms with Crippen molar-refractivity contribution < 1.29 is 14.6 Å². The lowest BCUT2D eigenvalue weighted by atomic mass is 9.58. The highest BCUT2D eigenvalue weighted by molar-refractivity contribution is 6.32. The molecule has 210 valence electrons. The van der Waals surface area contributed by atoms with Gasteiger partial charge in [-0.3, -0.25) is 4.79 Å². The lowest BCUT2D eigenvalue weighted by molar-refractivity contribution is -0.240. The molecule has 0 atom stereocenters. The minimum Gasteiger partial charge on any atom is -0.481 e. The van der Waals surface area contributed by atoms with Crippen molar-refractivity contribution in [3.8, 4) is 0 Å². The molecule has 0 aromatic rings. The van der Waals surface area contributed by atoms with Gasteiger partial charge in [0.25, 0.3) is 0 Å². The van der Waals surface area contributed by atoms with Gasteiger partial charge in [-0.1, -0.05) is 76.2 Å². The fourth-order valence-corrected chi connectivity index (χ4v) is 6.28. The molecule has 36 heavy (non-hydrogen) atoms. The third-order valence-electron chi connectivity index (χ3n) is 10.0. The molecule has 0 rings (SSSR count). The summed E-state index contributed by atoms with van der Waals surface area (Å²) in [6, 6.07) is 0. The van der Waals surface area contributed by atoms with Gasteiger partial charge in [0.1, 0.15) is 15.7 Å². The van der Waals surface area contributed by atoms with Crippen LogP contribution in [0, 0.1) is 32.5 Å². The Kier molecular flexibility index (Phi) is 10.3. The zero-order valence-corrected chi connectivity index (χ0v) is 27.9. The van der Waals surface area contributed by atoms with Crippen LogP contribution in [0.1, 0.15) is 137 Å². The molecule has 0 aliphatic heterocycles. The number of hydrogen-bond donors (Lipinski definition) is 1. The third kappa shape index (κ3) is 8.15. The van der Waals surface area contributed by atoms with E-state index < -0.39 is 28.0 Å². The summed E-state index contributed by atoms with van der Waals surface area (Å²) < 4.78 is 6.92. The largest absolute Gasteiger partial charge is 0.481 e. The van der Waals surface area contributed by atoms with Crippen molar-refractivity contribution in [2.24, 2.45) is 32.5 Å². The Bertz CT molecular complexity index is 819. The first-order valence-electron chi connectivity index (χ1n) is 14.0. The van der Waals surface area contributed by atoms with Crippen LogP contribution in [0.5, 0.6) is 0 Å². The van der Waals surface area contributed by atoms with Crippen LogP contribution >= 0.6 is 0 Å². The van der Waals surface area contributed by atoms with Gasteiger partial charge in [-0.05, 0) is 82.5 Å². The quantitative estimate of drug-likeness (QED) is 0.281. The summed E-state index contributed by atoms with van der Waals surface area (Å²) >= 11 is 0. The molecular formula is C31H62B2O3. The fourth-order valence-electron chi connectivity index (χ4n) is 6.28. The van der Waals surface area contributed by atoms with Gasteiger partial charge in [0, 0.05) is 5.41 Å². The summed E-state index contributed by atoms with van der Waals surface area (Å²) in [6.45, 7) is 37.2. The van der Waals surface area contributed by atoms with Crippen LogP contribution in [0.4, 0.5) is 0 Å². The Morgan fingerprint density at radius 1 is 0.694 bits per heavy atom. The second-order valence-electron chi connectivity index (χ2n) is 17.1. The molecule has 0 fully saturated rings. The molecule has 3 nitrogen and oxygen atoms in total. The summed E-state index contributed by atoms with van der Waals surface area (Å²) in [5.74, 6) is -0.797. The second kappa shape index (κ2) is 10.5. The number of allylic oxidation sites excluding steroid dienone is 2. The Morgan fingerprint density at radius 3 is 1.47 bits per heavy atom. The summed E-state index contributed by atoms with van der Waals surface area (Å²) in [6.07, 6.45) is 3.20. The smallest absolute Gasteiger partial charge is 0.309 e. The van der Waals surface area contributed by atoms with Crippen molar-refractivity contribution in [2.75, 3.05) is 0 Å². The Hall–Kier alpha value is -0.700. The molecule has 1 N–H and O–H groups in total. The number of carbonyl (C=O) groups is 1. The molecule has 0 amide bonds. The Morgan fingerprint density at radius 2 is 1.11 bits per heavy atom. The number of rotatable bonds is 12. The van der Waals surface area contributed by atoms with E-state index in [0.717, 1.165) is 19.3 Å². The van der Waals surface area contributed by atoms with E-state index in [4.69, 9.17) is 4.74 Å². The minimum atomic E-state index is -0.935. The molecular weight excluding hydrogens is 442 g/mol. The molecule has 0 saturated heterocycles. The van der Waals surface area contributed by atoms with Gasteiger partial charge in [-0.15, -0.1) is 10.9 Å². The highest BCUT2D eigenvalue weighted by Crippen LogP contribution is 2.53. The first-order valence-corrected chi connectivity index (χ1v) is 14.0. The van der Waals surface area contributed by atoms with Crippen LogP contribution < -0.4 is 0 Å². The van der Waals surface area contributed by atoms with Crippen molar-refractivity contribution >= 4 is 21.7 Å². The molecule has 0 unspecified atom stereocenters. The lowest BCUT2D eigenvalue weighted by Gasteiger charge is -2.56. The molecule has 0 saturated carbocycles. The maximum absolute atomic E-state index is 12.1. The van der Waals surface area contributed by atoms with E-state index in [1.807, 2.05) is 27.7 Å². The fraction of sp³-hybridized carbons (Fsp3) is 0.903. The molecule has 5 heteroatoms. The van der Waals surface area contributed by atoms with Gasteiger partial charge >= 0.3 is 5.97 Å². The van der Waals surface area contributed by atoms with E-state index in [2.05, 4.69) is 91.9 Å². The normalized spacial score (nSPS) is 16.1. The lowest BCUT2D eigenvalue weighted by Crippen LogP contribution is -2.58. The number of carboxylic acid groups (broad SMARTS) is 1. The van der Waals surface area contributed by atoms with Crippen LogP contribution in [0.2, 0.25) is 0 Å². The predicted octanol–water partition coefficient (Wildman–Crippen LogP) is 7.47. The van der Waals surface area contributed by atoms with Crippen LogP contribution in [0.15, 0.2) is 10.9 Å². The zero-order valence-electron chi connectivity index (χ0n) is 27.9. The number of carboxylic acids is 1. The van der Waals surface area contributed by atoms with Gasteiger partial charge in [0.15, 0.2) is 0 Å². The standard InChI is InChI=1S/C31H62B2O3/c1-24(2,3)19-26(6,7)22(33)21(32)18-25(4,5)20-27(8,9)30(14,15)36-31(16,17)29(12,13)28(10,11)23(34)35/h18-20,32-33H2,1-17H3,(H,34,35)/b22-21+. The summed E-state index contributed by atoms with van der Waals surface area (Å²) in [5.41, 5.74) is 0.786. The topological polar surface area (TPSA) is 46.5 Å². The maximum Gasteiger partial charge on any atom is 0.309 e. The van der Waals surface area contributed by atoms with Crippen LogP contribution in [-0.4, -0.2) is 38.0 Å². The van der Waals surface area contributed by atoms with Gasteiger partial charge in [0.2, 0.25) is 0 Å². The van der Waals surface area contributed by atoms with E-state index in [9.17, 15) is 9.90 Å². The second-order valence-corrected chi connectivity index (χ2v) is 17.1. The number of aliphatic carboxylic acids is 1. The van der Waals surface area contributed by atoms with E-state index in [1.165, 1.54) is 10.9 Å². The van der Waals surface area contributed by atoms with Gasteiger partial charge in [0.05, 0.1) is 16.6 Å². The molecule has 0 aromatic carbocycles. The van der Waals surface area contributed by atoms with E-state index >= 15 is 0 Å². The average Bonchev–Trinajstić information content (AvgIpc) is 2.55. The first kappa shape index (κ1) is 35.3. The molecule has 0 aliphatic rings. The monoisotopic (exact) mass is 504 g/mol. The van der Waals surface area contributed by atoms with Gasteiger partial charge < -0.3 is 9.84 Å². The highest BCUT2D eigenvalue weighted by Gasteiger charge is 2.56. The summed E-state index contributed by atoms with van der Waals surface area (Å²) in [4.78, 5) is 12.1. The van der Waals surface area contributed by atoms with Crippen molar-refractivity contribution in [1.82, 2.24) is 0 Å². The van der Waals surface area contributed by atoms with E-state index in [-0.39, 0.29) is 16.2 Å². The van der Waals surface area contributed by atoms with E-state index in [1.54, 1.807) is 13.8 Å². The van der Waals surface area contributed by atoms with Crippen molar-refractivity contribution in [2.45, 2.75) is 148 Å². The Labute approximate surface area is 227 Å². The molecule has 0 radical (unpaired) electrons. The van der Waals surface area contributed by atoms with Gasteiger partial charge in [-0.25, -0.2) is 0 Å². The van der Waals surface area contributed by atoms with E-state index in [0.29, 0.717) is 5.41 Å². The van der Waals surface area contributed by atoms with Crippen molar-refractivity contribution in [3.63, 3.8) is 0 Å². The first-order chi connectivity index (χ1) is 15.4. The van der Waals surface area contributed by atoms with Gasteiger partial charge in [-0.2, -0.15) is 0 Å². The zero-order chi connectivity index (χ0) is 29.6. The number of hydrogen-bond acceptors (Lipinski definition) is 2. The average molecular weight is 504 g/mol. The van der Waals surface area contributed by atoms with Crippen LogP contribution in [0.3, 0.4) is 0 Å². The van der Waals surface area contributed by atoms with Crippen LogP contribution in [-0.2, 0) is 9.53 Å². The third-order valence-corrected chi connectivity index (χ3v) is 10.0. The summed E-state index contributed by atoms with van der Waals surface area (Å²) in [5, 5.41) is 9.94. The SMILES string of the molecule is B/C(CC(C)(C)CC(C)(C)C(C)(C)OC(C)(C)C(C)(C)C(C)(C)C(=O)O)=C(/B)C(C)(C)CC(C)(C)C. The van der Waals surface area contributed by atoms with Crippen molar-refractivity contribution in [1.29, 1.82) is 0 Å². The summed E-state index contributed by atoms with van der Waals surface area (Å²) in [7, 11) is 4.64. The molecule has 0 aromatic heterocycles. The minimum absolute atomic E-state index is 0.0906. The Balaban J connectivity index is 5.97. The maximum atomic E-state index is 12.1. The molecule has 0 heterocycles. The molecule has 0 aliphatic carbocycles. The molecule has 0 spiro atoms. The number of ether oxygens (including phenoxy) is 1. The van der Waals surface area contributed by atoms with Crippen LogP contribution in [0.25, 0.3) is 0 Å². The molecule has 0 bridgehead atoms. The highest BCUT2D eigenvalue weighted by atomic mass is 16.5.